The van der Waals surface area contributed by atoms with Gasteiger partial charge in [-0.15, -0.1) is 0 Å². The number of hydrogen-bond donors (Lipinski definition) is 0. The van der Waals surface area contributed by atoms with Gasteiger partial charge in [-0.05, 0) is 127 Å². The smallest absolute Gasteiger partial charge is 0.179 e. The number of fused-ring (bicyclic) bond motifs is 9. The summed E-state index contributed by atoms with van der Waals surface area (Å²) in [5.41, 5.74) is 17.5. The molecule has 0 bridgehead atoms. The zero-order valence-corrected chi connectivity index (χ0v) is 45.9. The highest BCUT2D eigenvalue weighted by atomic mass is 28.3. The van der Waals surface area contributed by atoms with Gasteiger partial charge in [-0.25, -0.2) is 0 Å². The SMILES string of the molecule is c1ccc(-c2cc(-c3ccccc3)cc([Si](c3ccccc3)(c3ccccc3)c3cccc(-c4cc(-n5c6ccccc6c6ccccc65)cc(-n5c6ccccc6c6cc(-n7c8ccccc8c8ccccc87)ccc65)c4)c3)c2)cc1. The van der Waals surface area contributed by atoms with Gasteiger partial charge in [0, 0.05) is 49.4 Å². The number of aromatic nitrogens is 3. The van der Waals surface area contributed by atoms with Crippen molar-refractivity contribution in [3.05, 3.63) is 322 Å². The summed E-state index contributed by atoms with van der Waals surface area (Å²) in [7, 11) is -3.15. The Hall–Kier alpha value is -10.5. The van der Waals surface area contributed by atoms with Gasteiger partial charge in [0.25, 0.3) is 0 Å². The summed E-state index contributed by atoms with van der Waals surface area (Å²) in [6.45, 7) is 0. The molecule has 3 heterocycles. The van der Waals surface area contributed by atoms with E-state index in [0.29, 0.717) is 0 Å². The summed E-state index contributed by atoms with van der Waals surface area (Å²) in [4.78, 5) is 0. The van der Waals surface area contributed by atoms with Crippen molar-refractivity contribution in [2.45, 2.75) is 0 Å². The minimum atomic E-state index is -3.15. The molecule has 13 aromatic carbocycles. The van der Waals surface area contributed by atoms with E-state index in [-0.39, 0.29) is 0 Å². The fraction of sp³-hybridized carbons (Fsp3) is 0. The highest BCUT2D eigenvalue weighted by Crippen LogP contribution is 2.40. The summed E-state index contributed by atoms with van der Waals surface area (Å²) in [6.07, 6.45) is 0. The predicted octanol–water partition coefficient (Wildman–Crippen LogP) is 17.4. The van der Waals surface area contributed by atoms with Gasteiger partial charge in [0.05, 0.1) is 33.1 Å². The van der Waals surface area contributed by atoms with Crippen LogP contribution in [0.5, 0.6) is 0 Å². The molecule has 0 atom stereocenters. The van der Waals surface area contributed by atoms with Crippen LogP contribution in [0.4, 0.5) is 0 Å². The van der Waals surface area contributed by atoms with Crippen LogP contribution in [0.1, 0.15) is 0 Å². The van der Waals surface area contributed by atoms with E-state index in [1.807, 2.05) is 0 Å². The highest BCUT2D eigenvalue weighted by Gasteiger charge is 2.42. The molecule has 0 amide bonds. The van der Waals surface area contributed by atoms with E-state index < -0.39 is 8.07 Å². The van der Waals surface area contributed by atoms with Crippen molar-refractivity contribution in [2.24, 2.45) is 0 Å². The van der Waals surface area contributed by atoms with Crippen LogP contribution in [-0.2, 0) is 0 Å². The molecule has 0 aliphatic rings. The molecule has 0 aliphatic heterocycles. The summed E-state index contributed by atoms with van der Waals surface area (Å²) < 4.78 is 7.40. The lowest BCUT2D eigenvalue weighted by molar-refractivity contribution is 1.13. The Labute approximate surface area is 477 Å². The van der Waals surface area contributed by atoms with E-state index in [2.05, 4.69) is 335 Å². The quantitative estimate of drug-likeness (QED) is 0.0958. The number of benzene rings is 13. The fourth-order valence-corrected chi connectivity index (χ4v) is 18.4. The first-order valence-electron chi connectivity index (χ1n) is 28.3. The first kappa shape index (κ1) is 47.5. The Morgan fingerprint density at radius 2 is 0.500 bits per heavy atom. The molecule has 0 unspecified atom stereocenters. The van der Waals surface area contributed by atoms with Crippen LogP contribution < -0.4 is 20.7 Å². The van der Waals surface area contributed by atoms with E-state index in [9.17, 15) is 0 Å². The minimum absolute atomic E-state index is 1.09. The lowest BCUT2D eigenvalue weighted by Crippen LogP contribution is -2.74. The van der Waals surface area contributed by atoms with Crippen molar-refractivity contribution in [1.29, 1.82) is 0 Å². The molecule has 3 nitrogen and oxygen atoms in total. The maximum Gasteiger partial charge on any atom is 0.179 e. The van der Waals surface area contributed by atoms with Crippen molar-refractivity contribution in [2.75, 3.05) is 0 Å². The lowest BCUT2D eigenvalue weighted by atomic mass is 9.99. The molecule has 0 fully saturated rings. The predicted molar refractivity (Wildman–Crippen MR) is 349 cm³/mol. The second-order valence-electron chi connectivity index (χ2n) is 21.6. The molecule has 3 aromatic heterocycles. The fourth-order valence-electron chi connectivity index (χ4n) is 13.5. The molecule has 0 saturated heterocycles. The number of nitrogens with zero attached hydrogens (tertiary/aromatic N) is 3. The van der Waals surface area contributed by atoms with E-state index in [1.165, 1.54) is 97.4 Å². The molecule has 82 heavy (non-hydrogen) atoms. The topological polar surface area (TPSA) is 14.8 Å². The lowest BCUT2D eigenvalue weighted by Gasteiger charge is -2.35. The molecule has 16 rings (SSSR count). The number of rotatable bonds is 10. The molecule has 0 saturated carbocycles. The Morgan fingerprint density at radius 1 is 0.171 bits per heavy atom. The van der Waals surface area contributed by atoms with Gasteiger partial charge in [0.2, 0.25) is 0 Å². The highest BCUT2D eigenvalue weighted by molar-refractivity contribution is 7.20. The van der Waals surface area contributed by atoms with Crippen LogP contribution in [0.25, 0.3) is 116 Å². The standard InChI is InChI=1S/C78H53N3Si/c1-5-24-54(25-6-1)57-46-58(55-26-7-2-8-27-55)51-66(50-57)82(63-29-9-3-10-30-63,64-31-11-4-12-32-64)65-33-23-28-56(49-65)59-47-61(80-75-41-20-15-36-69(75)70-37-16-21-42-76(70)80)52-62(48-59)81-77-43-22-17-38-71(77)72-53-60(44-45-78(72)81)79-73-39-18-13-34-67(73)68-35-14-19-40-74(68)79/h1-53H. The number of para-hydroxylation sites is 5. The van der Waals surface area contributed by atoms with Gasteiger partial charge < -0.3 is 13.7 Å². The average Bonchev–Trinajstić information content (AvgIpc) is 4.32. The van der Waals surface area contributed by atoms with Crippen LogP contribution in [0.2, 0.25) is 0 Å². The third-order valence-corrected chi connectivity index (χ3v) is 21.8. The molecule has 0 N–H and O–H groups in total. The largest absolute Gasteiger partial charge is 0.309 e. The molecule has 384 valence electrons. The molecule has 0 aliphatic carbocycles. The van der Waals surface area contributed by atoms with E-state index in [0.717, 1.165) is 39.2 Å². The monoisotopic (exact) mass is 1060 g/mol. The summed E-state index contributed by atoms with van der Waals surface area (Å²) in [6, 6.07) is 120. The molecular formula is C78H53N3Si. The van der Waals surface area contributed by atoms with Crippen molar-refractivity contribution in [3.8, 4) is 50.4 Å². The van der Waals surface area contributed by atoms with Gasteiger partial charge in [-0.2, -0.15) is 0 Å². The van der Waals surface area contributed by atoms with E-state index in [4.69, 9.17) is 0 Å². The van der Waals surface area contributed by atoms with Gasteiger partial charge in [-0.1, -0.05) is 249 Å². The van der Waals surface area contributed by atoms with Gasteiger partial charge in [0.15, 0.2) is 8.07 Å². The maximum atomic E-state index is 2.53. The van der Waals surface area contributed by atoms with Crippen molar-refractivity contribution < 1.29 is 0 Å². The van der Waals surface area contributed by atoms with E-state index in [1.54, 1.807) is 0 Å². The zero-order valence-electron chi connectivity index (χ0n) is 44.9. The van der Waals surface area contributed by atoms with Crippen LogP contribution >= 0.6 is 0 Å². The summed E-state index contributed by atoms with van der Waals surface area (Å²) in [5, 5.41) is 12.7. The first-order valence-corrected chi connectivity index (χ1v) is 30.3. The van der Waals surface area contributed by atoms with Crippen molar-refractivity contribution >= 4 is 94.2 Å². The minimum Gasteiger partial charge on any atom is -0.309 e. The van der Waals surface area contributed by atoms with Crippen molar-refractivity contribution in [3.63, 3.8) is 0 Å². The van der Waals surface area contributed by atoms with Gasteiger partial charge >= 0.3 is 0 Å². The molecule has 4 heteroatoms. The summed E-state index contributed by atoms with van der Waals surface area (Å²) in [5.74, 6) is 0. The van der Waals surface area contributed by atoms with Crippen molar-refractivity contribution in [1.82, 2.24) is 13.7 Å². The average molecular weight is 1060 g/mol. The van der Waals surface area contributed by atoms with Gasteiger partial charge in [0.1, 0.15) is 0 Å². The Balaban J connectivity index is 0.966. The molecular weight excluding hydrogens is 1010 g/mol. The third-order valence-electron chi connectivity index (χ3n) is 17.1. The first-order chi connectivity index (χ1) is 40.7. The van der Waals surface area contributed by atoms with Crippen LogP contribution in [0, 0.1) is 0 Å². The summed E-state index contributed by atoms with van der Waals surface area (Å²) >= 11 is 0. The number of hydrogen-bond acceptors (Lipinski definition) is 0. The normalized spacial score (nSPS) is 11.9. The van der Waals surface area contributed by atoms with Crippen LogP contribution in [-0.4, -0.2) is 21.8 Å². The Bertz CT molecular complexity index is 4890. The Morgan fingerprint density at radius 3 is 0.951 bits per heavy atom. The Kier molecular flexibility index (Phi) is 11.2. The van der Waals surface area contributed by atoms with Gasteiger partial charge in [-0.3, -0.25) is 0 Å². The van der Waals surface area contributed by atoms with Crippen LogP contribution in [0.15, 0.2) is 322 Å². The molecule has 0 radical (unpaired) electrons. The van der Waals surface area contributed by atoms with Crippen LogP contribution in [0.3, 0.4) is 0 Å². The second-order valence-corrected chi connectivity index (χ2v) is 25.4. The maximum absolute atomic E-state index is 3.15. The zero-order chi connectivity index (χ0) is 54.1. The molecule has 0 spiro atoms. The second kappa shape index (κ2) is 19.4. The third kappa shape index (κ3) is 7.57. The molecule has 16 aromatic rings. The van der Waals surface area contributed by atoms with E-state index >= 15 is 0 Å².